The zero-order valence-electron chi connectivity index (χ0n) is 18.6. The largest absolute Gasteiger partial charge is 0.490 e. The van der Waals surface area contributed by atoms with Crippen LogP contribution in [0.15, 0.2) is 4.52 Å². The van der Waals surface area contributed by atoms with Crippen molar-refractivity contribution >= 4 is 11.9 Å². The number of hydrogen-bond donors (Lipinski definition) is 1. The molecule has 2 fully saturated rings. The predicted molar refractivity (Wildman–Crippen MR) is 107 cm³/mol. The Morgan fingerprint density at radius 3 is 2.32 bits per heavy atom. The summed E-state index contributed by atoms with van der Waals surface area (Å²) in [5.41, 5.74) is 1.85. The lowest BCUT2D eigenvalue weighted by molar-refractivity contribution is -0.192. The van der Waals surface area contributed by atoms with E-state index in [0.29, 0.717) is 12.5 Å². The number of carbonyl (C=O) groups excluding carboxylic acids is 1. The molecule has 1 aromatic rings. The van der Waals surface area contributed by atoms with Crippen LogP contribution in [0, 0.1) is 25.2 Å². The van der Waals surface area contributed by atoms with E-state index in [1.165, 1.54) is 12.8 Å². The van der Waals surface area contributed by atoms with Crippen LogP contribution in [-0.2, 0) is 16.1 Å². The number of rotatable bonds is 6. The molecule has 0 aliphatic carbocycles. The van der Waals surface area contributed by atoms with Gasteiger partial charge in [-0.1, -0.05) is 31.8 Å². The maximum Gasteiger partial charge on any atom is 0.490 e. The molecular weight excluding hydrogens is 415 g/mol. The van der Waals surface area contributed by atoms with Crippen molar-refractivity contribution in [3.63, 3.8) is 0 Å². The minimum Gasteiger partial charge on any atom is -0.475 e. The Hall–Kier alpha value is -2.10. The molecule has 0 bridgehead atoms. The lowest BCUT2D eigenvalue weighted by Crippen LogP contribution is -2.66. The van der Waals surface area contributed by atoms with Gasteiger partial charge in [0.15, 0.2) is 0 Å². The van der Waals surface area contributed by atoms with Crippen LogP contribution in [0.3, 0.4) is 0 Å². The first-order valence-corrected chi connectivity index (χ1v) is 10.7. The number of hydrogen-bond acceptors (Lipinski definition) is 5. The fourth-order valence-corrected chi connectivity index (χ4v) is 4.39. The summed E-state index contributed by atoms with van der Waals surface area (Å²) in [6.07, 6.45) is -0.438. The van der Waals surface area contributed by atoms with Crippen LogP contribution < -0.4 is 0 Å². The number of nitrogens with zero attached hydrogens (tertiary/aromatic N) is 3. The Morgan fingerprint density at radius 2 is 1.87 bits per heavy atom. The van der Waals surface area contributed by atoms with Gasteiger partial charge in [0.1, 0.15) is 5.76 Å². The highest BCUT2D eigenvalue weighted by atomic mass is 19.4. The summed E-state index contributed by atoms with van der Waals surface area (Å²) in [4.78, 5) is 26.3. The molecule has 0 radical (unpaired) electrons. The molecule has 1 atom stereocenters. The molecule has 1 aromatic heterocycles. The maximum absolute atomic E-state index is 12.9. The van der Waals surface area contributed by atoms with Crippen molar-refractivity contribution in [3.05, 3.63) is 17.0 Å². The number of carboxylic acid groups (broad SMARTS) is 1. The first kappa shape index (κ1) is 25.2. The molecule has 2 saturated heterocycles. The van der Waals surface area contributed by atoms with E-state index in [4.69, 9.17) is 14.4 Å². The zero-order chi connectivity index (χ0) is 23.4. The summed E-state index contributed by atoms with van der Waals surface area (Å²) in [5, 5.41) is 11.1. The van der Waals surface area contributed by atoms with Gasteiger partial charge in [-0.3, -0.25) is 4.79 Å². The van der Waals surface area contributed by atoms with E-state index in [2.05, 4.69) is 23.9 Å². The van der Waals surface area contributed by atoms with Crippen LogP contribution >= 0.6 is 0 Å². The fraction of sp³-hybridized carbons (Fsp3) is 0.762. The highest BCUT2D eigenvalue weighted by Gasteiger charge is 2.53. The quantitative estimate of drug-likeness (QED) is 0.668. The van der Waals surface area contributed by atoms with Crippen molar-refractivity contribution in [2.45, 2.75) is 66.1 Å². The van der Waals surface area contributed by atoms with E-state index in [1.54, 1.807) is 0 Å². The normalized spacial score (nSPS) is 21.8. The smallest absolute Gasteiger partial charge is 0.475 e. The van der Waals surface area contributed by atoms with Gasteiger partial charge < -0.3 is 19.4 Å². The van der Waals surface area contributed by atoms with Crippen molar-refractivity contribution in [2.75, 3.05) is 26.2 Å². The molecule has 7 nitrogen and oxygen atoms in total. The first-order chi connectivity index (χ1) is 14.4. The molecule has 2 aliphatic heterocycles. The highest BCUT2D eigenvalue weighted by molar-refractivity contribution is 5.89. The summed E-state index contributed by atoms with van der Waals surface area (Å²) < 4.78 is 37.0. The SMILES string of the molecule is CCC(CC)CN1CCCC2(C1)CN(Cc1c(C)noc1C)C2=O.O=C(O)C(F)(F)F. The third-order valence-corrected chi connectivity index (χ3v) is 6.33. The molecule has 0 saturated carbocycles. The van der Waals surface area contributed by atoms with Gasteiger partial charge in [-0.15, -0.1) is 0 Å². The van der Waals surface area contributed by atoms with Crippen LogP contribution in [0.4, 0.5) is 13.2 Å². The second kappa shape index (κ2) is 10.0. The minimum absolute atomic E-state index is 0.122. The molecule has 1 amide bonds. The number of carboxylic acids is 1. The number of β-lactam (4-membered cyclic amide) rings is 1. The Balaban J connectivity index is 0.000000423. The minimum atomic E-state index is -5.08. The fourth-order valence-electron chi connectivity index (χ4n) is 4.39. The highest BCUT2D eigenvalue weighted by Crippen LogP contribution is 2.41. The number of halogens is 3. The third-order valence-electron chi connectivity index (χ3n) is 6.33. The van der Waals surface area contributed by atoms with E-state index in [9.17, 15) is 18.0 Å². The van der Waals surface area contributed by atoms with Crippen LogP contribution in [0.1, 0.15) is 56.5 Å². The number of alkyl halides is 3. The van der Waals surface area contributed by atoms with E-state index in [-0.39, 0.29) is 5.41 Å². The Morgan fingerprint density at radius 1 is 1.26 bits per heavy atom. The van der Waals surface area contributed by atoms with Crippen LogP contribution in [0.2, 0.25) is 0 Å². The topological polar surface area (TPSA) is 86.9 Å². The van der Waals surface area contributed by atoms with E-state index >= 15 is 0 Å². The molecule has 2 aliphatic rings. The van der Waals surface area contributed by atoms with Crippen molar-refractivity contribution in [3.8, 4) is 0 Å². The molecule has 0 aromatic carbocycles. The number of aliphatic carboxylic acids is 1. The Labute approximate surface area is 180 Å². The van der Waals surface area contributed by atoms with Crippen LogP contribution in [0.5, 0.6) is 0 Å². The second-order valence-corrected chi connectivity index (χ2v) is 8.57. The van der Waals surface area contributed by atoms with Gasteiger partial charge in [0, 0.05) is 25.2 Å². The second-order valence-electron chi connectivity index (χ2n) is 8.57. The number of amides is 1. The maximum atomic E-state index is 12.9. The Kier molecular flexibility index (Phi) is 8.13. The molecule has 3 heterocycles. The van der Waals surface area contributed by atoms with Crippen LogP contribution in [-0.4, -0.2) is 64.3 Å². The average Bonchev–Trinajstić information content (AvgIpc) is 3.03. The van der Waals surface area contributed by atoms with Gasteiger partial charge in [-0.2, -0.15) is 13.2 Å². The lowest BCUT2D eigenvalue weighted by atomic mass is 9.72. The van der Waals surface area contributed by atoms with E-state index < -0.39 is 12.1 Å². The molecule has 176 valence electrons. The average molecular weight is 447 g/mol. The molecule has 1 unspecified atom stereocenters. The number of carbonyl (C=O) groups is 2. The standard InChI is InChI=1S/C19H31N3O2.C2HF3O2/c1-5-16(6-2)10-21-9-7-8-19(12-21)13-22(18(19)23)11-17-14(3)20-24-15(17)4;3-2(4,5)1(6)7/h16H,5-13H2,1-4H3;(H,6,7). The molecular formula is C21H32F3N3O4. The summed E-state index contributed by atoms with van der Waals surface area (Å²) >= 11 is 0. The summed E-state index contributed by atoms with van der Waals surface area (Å²) in [5.74, 6) is -0.835. The number of aromatic nitrogens is 1. The number of piperidine rings is 1. The van der Waals surface area contributed by atoms with Crippen molar-refractivity contribution < 1.29 is 32.4 Å². The van der Waals surface area contributed by atoms with Crippen molar-refractivity contribution in [2.24, 2.45) is 11.3 Å². The van der Waals surface area contributed by atoms with E-state index in [0.717, 1.165) is 62.0 Å². The molecule has 1 N–H and O–H groups in total. The van der Waals surface area contributed by atoms with Gasteiger partial charge >= 0.3 is 12.1 Å². The van der Waals surface area contributed by atoms with Crippen molar-refractivity contribution in [1.82, 2.24) is 15.0 Å². The third kappa shape index (κ3) is 5.99. The summed E-state index contributed by atoms with van der Waals surface area (Å²) in [7, 11) is 0. The summed E-state index contributed by atoms with van der Waals surface area (Å²) in [6, 6.07) is 0. The monoisotopic (exact) mass is 447 g/mol. The lowest BCUT2D eigenvalue weighted by Gasteiger charge is -2.53. The van der Waals surface area contributed by atoms with Gasteiger partial charge in [0.25, 0.3) is 0 Å². The molecule has 31 heavy (non-hydrogen) atoms. The first-order valence-electron chi connectivity index (χ1n) is 10.7. The van der Waals surface area contributed by atoms with Crippen LogP contribution in [0.25, 0.3) is 0 Å². The number of likely N-dealkylation sites (tertiary alicyclic amines) is 2. The van der Waals surface area contributed by atoms with Crippen molar-refractivity contribution in [1.29, 1.82) is 0 Å². The molecule has 1 spiro atoms. The predicted octanol–water partition coefficient (Wildman–Crippen LogP) is 3.79. The van der Waals surface area contributed by atoms with E-state index in [1.807, 2.05) is 18.7 Å². The van der Waals surface area contributed by atoms with Gasteiger partial charge in [0.2, 0.25) is 5.91 Å². The summed E-state index contributed by atoms with van der Waals surface area (Å²) in [6.45, 7) is 13.2. The Bertz CT molecular complexity index is 757. The zero-order valence-corrected chi connectivity index (χ0v) is 18.6. The molecule has 3 rings (SSSR count). The number of aryl methyl sites for hydroxylation is 2. The van der Waals surface area contributed by atoms with Gasteiger partial charge in [-0.05, 0) is 39.2 Å². The van der Waals surface area contributed by atoms with Gasteiger partial charge in [-0.25, -0.2) is 4.79 Å². The van der Waals surface area contributed by atoms with Gasteiger partial charge in [0.05, 0.1) is 17.7 Å². The molecule has 10 heteroatoms.